The summed E-state index contributed by atoms with van der Waals surface area (Å²) >= 11 is 0. The van der Waals surface area contributed by atoms with Crippen molar-refractivity contribution in [3.8, 4) is 0 Å². The number of anilines is 1. The number of rotatable bonds is 13. The van der Waals surface area contributed by atoms with Gasteiger partial charge in [-0.05, 0) is 69.6 Å². The average Bonchev–Trinajstić information content (AvgIpc) is 3.77. The van der Waals surface area contributed by atoms with Crippen LogP contribution in [0.4, 0.5) is 18.9 Å². The quantitative estimate of drug-likeness (QED) is 0.171. The topological polar surface area (TPSA) is 165 Å². The molecule has 2 aliphatic rings. The molecule has 0 saturated heterocycles. The summed E-state index contributed by atoms with van der Waals surface area (Å²) in [4.78, 5) is 34.1. The molecule has 0 aliphatic heterocycles. The lowest BCUT2D eigenvalue weighted by Gasteiger charge is -2.27. The summed E-state index contributed by atoms with van der Waals surface area (Å²) in [7, 11) is 0. The molecule has 1 unspecified atom stereocenters. The van der Waals surface area contributed by atoms with Crippen LogP contribution in [-0.4, -0.2) is 64.0 Å². The molecule has 1 heterocycles. The molecule has 2 fully saturated rings. The number of hydrazone groups is 1. The molecule has 6 N–H and O–H groups in total. The van der Waals surface area contributed by atoms with E-state index in [0.717, 1.165) is 31.9 Å². The Morgan fingerprint density at radius 1 is 1.24 bits per heavy atom. The molecule has 2 saturated carbocycles. The number of hydrogen-bond acceptors (Lipinski definition) is 8. The van der Waals surface area contributed by atoms with Gasteiger partial charge in [0.1, 0.15) is 18.3 Å². The zero-order chi connectivity index (χ0) is 27.9. The van der Waals surface area contributed by atoms with Crippen LogP contribution in [0.2, 0.25) is 0 Å². The molecule has 1 atom stereocenters. The molecule has 0 spiro atoms. The van der Waals surface area contributed by atoms with Crippen molar-refractivity contribution in [2.75, 3.05) is 11.9 Å². The van der Waals surface area contributed by atoms with Crippen LogP contribution in [-0.2, 0) is 16.1 Å². The molecule has 38 heavy (non-hydrogen) atoms. The first-order chi connectivity index (χ1) is 18.0. The molecule has 3 rings (SSSR count). The number of nitrogens with one attached hydrogen (secondary N) is 2. The highest BCUT2D eigenvalue weighted by atomic mass is 19.4. The highest BCUT2D eigenvalue weighted by Gasteiger charge is 2.48. The summed E-state index contributed by atoms with van der Waals surface area (Å²) in [6.07, 6.45) is 6.04. The Kier molecular flexibility index (Phi) is 9.64. The fourth-order valence-corrected chi connectivity index (χ4v) is 4.26. The van der Waals surface area contributed by atoms with Gasteiger partial charge < -0.3 is 22.2 Å². The molecule has 0 radical (unpaired) electrons. The number of hydrogen-bond donors (Lipinski definition) is 4. The molecular weight excluding hydrogens is 503 g/mol. The van der Waals surface area contributed by atoms with E-state index in [0.29, 0.717) is 17.5 Å². The zero-order valence-electron chi connectivity index (χ0n) is 21.4. The number of nitrogens with two attached hydrogens (primary N) is 2. The monoisotopic (exact) mass is 537 g/mol. The summed E-state index contributed by atoms with van der Waals surface area (Å²) in [5.41, 5.74) is 6.05. The lowest BCUT2D eigenvalue weighted by atomic mass is 9.88. The molecule has 2 aliphatic carbocycles. The third kappa shape index (κ3) is 8.99. The van der Waals surface area contributed by atoms with Gasteiger partial charge in [0.05, 0.1) is 24.1 Å². The minimum absolute atomic E-state index is 0.00280. The van der Waals surface area contributed by atoms with Crippen molar-refractivity contribution in [3.05, 3.63) is 24.7 Å². The van der Waals surface area contributed by atoms with E-state index in [9.17, 15) is 22.8 Å². The van der Waals surface area contributed by atoms with Crippen molar-refractivity contribution in [3.63, 3.8) is 0 Å². The van der Waals surface area contributed by atoms with Crippen LogP contribution in [0.1, 0.15) is 39.5 Å². The second-order valence-electron chi connectivity index (χ2n) is 9.79. The van der Waals surface area contributed by atoms with Gasteiger partial charge in [0.15, 0.2) is 0 Å². The van der Waals surface area contributed by atoms with Gasteiger partial charge in [-0.25, -0.2) is 0 Å². The Labute approximate surface area is 218 Å². The fourth-order valence-electron chi connectivity index (χ4n) is 4.26. The van der Waals surface area contributed by atoms with Gasteiger partial charge in [0.2, 0.25) is 5.91 Å². The number of carbonyl (C=O) groups is 2. The maximum atomic E-state index is 13.5. The largest absolute Gasteiger partial charge is 0.407 e. The normalized spacial score (nSPS) is 18.1. The van der Waals surface area contributed by atoms with Crippen LogP contribution in [0.3, 0.4) is 0 Å². The van der Waals surface area contributed by atoms with Crippen LogP contribution in [0.15, 0.2) is 39.8 Å². The van der Waals surface area contributed by atoms with Crippen molar-refractivity contribution in [1.29, 1.82) is 0 Å². The SMILES string of the molecule is CC(C)N=C(/C=C\N)C(=O)NC(C(=O)Nc1cnn(C/C(C=NCC(F)(F)F)=N/N)c1)C(C1CC1)C1CC1. The van der Waals surface area contributed by atoms with E-state index in [1.54, 1.807) is 0 Å². The van der Waals surface area contributed by atoms with Gasteiger partial charge in [-0.1, -0.05) is 0 Å². The summed E-state index contributed by atoms with van der Waals surface area (Å²) in [5, 5.41) is 13.3. The average molecular weight is 538 g/mol. The molecule has 1 aromatic heterocycles. The van der Waals surface area contributed by atoms with Crippen molar-refractivity contribution >= 4 is 35.1 Å². The Bertz CT molecular complexity index is 1090. The van der Waals surface area contributed by atoms with Crippen LogP contribution >= 0.6 is 0 Å². The van der Waals surface area contributed by atoms with Crippen LogP contribution < -0.4 is 22.2 Å². The van der Waals surface area contributed by atoms with Gasteiger partial charge in [0.25, 0.3) is 5.91 Å². The second-order valence-corrected chi connectivity index (χ2v) is 9.79. The number of halogens is 3. The maximum absolute atomic E-state index is 13.5. The predicted molar refractivity (Wildman–Crippen MR) is 139 cm³/mol. The number of aliphatic imine (C=N–C) groups is 2. The van der Waals surface area contributed by atoms with Gasteiger partial charge in [-0.15, -0.1) is 0 Å². The number of nitrogens with zero attached hydrogens (tertiary/aromatic N) is 5. The molecule has 0 aromatic carbocycles. The van der Waals surface area contributed by atoms with Crippen molar-refractivity contribution in [1.82, 2.24) is 15.1 Å². The lowest BCUT2D eigenvalue weighted by Crippen LogP contribution is -2.51. The number of amides is 2. The van der Waals surface area contributed by atoms with Crippen molar-refractivity contribution in [2.45, 2.75) is 64.3 Å². The molecule has 2 amide bonds. The highest BCUT2D eigenvalue weighted by molar-refractivity contribution is 6.43. The fraction of sp³-hybridized carbons (Fsp3) is 0.583. The van der Waals surface area contributed by atoms with Crippen molar-refractivity contribution < 1.29 is 22.8 Å². The Morgan fingerprint density at radius 2 is 1.89 bits per heavy atom. The van der Waals surface area contributed by atoms with Gasteiger partial charge >= 0.3 is 6.18 Å². The summed E-state index contributed by atoms with van der Waals surface area (Å²) in [6, 6.07) is -0.932. The van der Waals surface area contributed by atoms with E-state index in [4.69, 9.17) is 11.6 Å². The van der Waals surface area contributed by atoms with Gasteiger partial charge in [0, 0.05) is 18.5 Å². The molecule has 208 valence electrons. The summed E-state index contributed by atoms with van der Waals surface area (Å²) in [6.45, 7) is 2.26. The first-order valence-corrected chi connectivity index (χ1v) is 12.4. The minimum atomic E-state index is -4.44. The van der Waals surface area contributed by atoms with E-state index < -0.39 is 24.7 Å². The number of aromatic nitrogens is 2. The predicted octanol–water partition coefficient (Wildman–Crippen LogP) is 2.01. The standard InChI is InChI=1S/C24H34F3N9O2/c1-14(2)32-19(7-8-28)22(37)34-21(20(15-3-4-15)16-5-6-16)23(38)33-17-10-31-36(11-17)12-18(35-29)9-30-13-24(25,26)27/h7-11,14-16,20-21H,3-6,12-13,28-29H2,1-2H3,(H,33,38)(H,34,37)/b8-7-,30-9?,32-19?,35-18+. The first-order valence-electron chi connectivity index (χ1n) is 12.4. The van der Waals surface area contributed by atoms with E-state index in [-0.39, 0.29) is 35.8 Å². The Balaban J connectivity index is 1.72. The zero-order valence-corrected chi connectivity index (χ0v) is 21.4. The number of carbonyl (C=O) groups excluding carboxylic acids is 2. The lowest BCUT2D eigenvalue weighted by molar-refractivity contribution is -0.124. The summed E-state index contributed by atoms with van der Waals surface area (Å²) < 4.78 is 38.3. The van der Waals surface area contributed by atoms with Gasteiger partial charge in [-0.3, -0.25) is 24.3 Å². The minimum Gasteiger partial charge on any atom is -0.405 e. The van der Waals surface area contributed by atoms with E-state index in [2.05, 4.69) is 30.8 Å². The van der Waals surface area contributed by atoms with Crippen LogP contribution in [0.5, 0.6) is 0 Å². The maximum Gasteiger partial charge on any atom is 0.407 e. The molecule has 14 heteroatoms. The van der Waals surface area contributed by atoms with Crippen molar-refractivity contribution in [2.24, 2.45) is 44.4 Å². The number of alkyl halides is 3. The molecule has 1 aromatic rings. The Morgan fingerprint density at radius 3 is 2.42 bits per heavy atom. The highest BCUT2D eigenvalue weighted by Crippen LogP contribution is 2.50. The Hall–Kier alpha value is -3.71. The van der Waals surface area contributed by atoms with Gasteiger partial charge in [-0.2, -0.15) is 23.4 Å². The van der Waals surface area contributed by atoms with E-state index in [1.165, 1.54) is 29.4 Å². The third-order valence-corrected chi connectivity index (χ3v) is 6.07. The molecule has 0 bridgehead atoms. The third-order valence-electron chi connectivity index (χ3n) is 6.07. The van der Waals surface area contributed by atoms with Crippen LogP contribution in [0, 0.1) is 17.8 Å². The molecular formula is C24H34F3N9O2. The smallest absolute Gasteiger partial charge is 0.405 e. The molecule has 11 nitrogen and oxygen atoms in total. The first kappa shape index (κ1) is 28.9. The summed E-state index contributed by atoms with van der Waals surface area (Å²) in [5.74, 6) is 5.11. The van der Waals surface area contributed by atoms with E-state index in [1.807, 2.05) is 13.8 Å². The van der Waals surface area contributed by atoms with Crippen LogP contribution in [0.25, 0.3) is 0 Å². The second kappa shape index (κ2) is 12.7. The van der Waals surface area contributed by atoms with E-state index >= 15 is 0 Å².